The number of rotatable bonds is 1. The Labute approximate surface area is 146 Å². The van der Waals surface area contributed by atoms with Crippen molar-refractivity contribution in [3.05, 3.63) is 28.9 Å². The number of benzene rings is 1. The third-order valence-electron chi connectivity index (χ3n) is 5.43. The van der Waals surface area contributed by atoms with Gasteiger partial charge in [0.15, 0.2) is 0 Å². The second kappa shape index (κ2) is 6.05. The molecule has 24 heavy (non-hydrogen) atoms. The van der Waals surface area contributed by atoms with Crippen LogP contribution in [0.25, 0.3) is 10.9 Å². The standard InChI is InChI=1S/C18H23ClN4O/c1-11-8-13-10-22(9-11)7-6-12(2)23(13)18(24)17-14-4-3-5-15(19)16(14)20-21-17/h3-5,11-13H,6-10H2,1-2H3,(H,20,21). The average molecular weight is 347 g/mol. The zero-order chi connectivity index (χ0) is 16.8. The molecule has 128 valence electrons. The van der Waals surface area contributed by atoms with Crippen molar-refractivity contribution < 1.29 is 4.79 Å². The Hall–Kier alpha value is -1.59. The second-order valence-corrected chi connectivity index (χ2v) is 7.75. The summed E-state index contributed by atoms with van der Waals surface area (Å²) in [5.41, 5.74) is 1.23. The monoisotopic (exact) mass is 346 g/mol. The van der Waals surface area contributed by atoms with Crippen LogP contribution in [0.2, 0.25) is 5.02 Å². The zero-order valence-corrected chi connectivity index (χ0v) is 14.9. The highest BCUT2D eigenvalue weighted by atomic mass is 35.5. The number of aromatic amines is 1. The molecule has 3 heterocycles. The molecule has 0 radical (unpaired) electrons. The van der Waals surface area contributed by atoms with Gasteiger partial charge in [-0.3, -0.25) is 9.89 Å². The number of nitrogens with one attached hydrogen (secondary N) is 1. The van der Waals surface area contributed by atoms with Crippen LogP contribution in [0.4, 0.5) is 0 Å². The number of amides is 1. The zero-order valence-electron chi connectivity index (χ0n) is 14.1. The van der Waals surface area contributed by atoms with Gasteiger partial charge < -0.3 is 9.80 Å². The van der Waals surface area contributed by atoms with Crippen LogP contribution in [0.15, 0.2) is 18.2 Å². The van der Waals surface area contributed by atoms with E-state index in [1.165, 1.54) is 0 Å². The van der Waals surface area contributed by atoms with Gasteiger partial charge >= 0.3 is 0 Å². The highest BCUT2D eigenvalue weighted by Crippen LogP contribution is 2.30. The van der Waals surface area contributed by atoms with Crippen molar-refractivity contribution in [2.45, 2.75) is 38.8 Å². The molecule has 2 aliphatic rings. The Bertz CT molecular complexity index is 773. The third kappa shape index (κ3) is 2.60. The van der Waals surface area contributed by atoms with Gasteiger partial charge in [0, 0.05) is 37.1 Å². The van der Waals surface area contributed by atoms with Crippen LogP contribution in [0, 0.1) is 5.92 Å². The topological polar surface area (TPSA) is 52.2 Å². The van der Waals surface area contributed by atoms with Gasteiger partial charge in [-0.1, -0.05) is 30.7 Å². The van der Waals surface area contributed by atoms with Crippen molar-refractivity contribution in [2.24, 2.45) is 5.92 Å². The van der Waals surface area contributed by atoms with E-state index in [1.807, 2.05) is 12.1 Å². The Balaban J connectivity index is 1.72. The third-order valence-corrected chi connectivity index (χ3v) is 5.73. The van der Waals surface area contributed by atoms with Gasteiger partial charge in [-0.25, -0.2) is 0 Å². The summed E-state index contributed by atoms with van der Waals surface area (Å²) in [5.74, 6) is 0.672. The summed E-state index contributed by atoms with van der Waals surface area (Å²) in [6.07, 6.45) is 2.08. The van der Waals surface area contributed by atoms with Crippen LogP contribution < -0.4 is 0 Å². The molecule has 4 unspecified atom stereocenters. The molecule has 2 bridgehead atoms. The summed E-state index contributed by atoms with van der Waals surface area (Å²) in [6.45, 7) is 7.64. The lowest BCUT2D eigenvalue weighted by Gasteiger charge is -2.40. The first-order valence-electron chi connectivity index (χ1n) is 8.72. The van der Waals surface area contributed by atoms with Crippen molar-refractivity contribution in [1.29, 1.82) is 0 Å². The van der Waals surface area contributed by atoms with Gasteiger partial charge in [0.1, 0.15) is 11.2 Å². The maximum Gasteiger partial charge on any atom is 0.273 e. The van der Waals surface area contributed by atoms with Gasteiger partial charge in [0.2, 0.25) is 0 Å². The Morgan fingerprint density at radius 3 is 3.00 bits per heavy atom. The number of hydrogen-bond donors (Lipinski definition) is 1. The van der Waals surface area contributed by atoms with Gasteiger partial charge in [0.05, 0.1) is 5.02 Å². The summed E-state index contributed by atoms with van der Waals surface area (Å²) < 4.78 is 0. The quantitative estimate of drug-likeness (QED) is 0.863. The van der Waals surface area contributed by atoms with Crippen LogP contribution in [0.5, 0.6) is 0 Å². The van der Waals surface area contributed by atoms with E-state index in [2.05, 4.69) is 33.8 Å². The number of piperidine rings is 1. The highest BCUT2D eigenvalue weighted by Gasteiger charge is 2.38. The maximum atomic E-state index is 13.3. The largest absolute Gasteiger partial charge is 0.330 e. The van der Waals surface area contributed by atoms with Crippen molar-refractivity contribution in [3.8, 4) is 0 Å². The maximum absolute atomic E-state index is 13.3. The summed E-state index contributed by atoms with van der Waals surface area (Å²) in [4.78, 5) is 17.9. The molecule has 1 N–H and O–H groups in total. The van der Waals surface area contributed by atoms with E-state index in [-0.39, 0.29) is 18.0 Å². The van der Waals surface area contributed by atoms with Crippen LogP contribution in [-0.2, 0) is 0 Å². The molecular formula is C18H23ClN4O. The van der Waals surface area contributed by atoms with E-state index >= 15 is 0 Å². The van der Waals surface area contributed by atoms with Gasteiger partial charge in [-0.2, -0.15) is 5.10 Å². The molecular weight excluding hydrogens is 324 g/mol. The fourth-order valence-electron chi connectivity index (χ4n) is 4.34. The van der Waals surface area contributed by atoms with Crippen LogP contribution in [-0.4, -0.2) is 57.6 Å². The lowest BCUT2D eigenvalue weighted by Crippen LogP contribution is -2.51. The van der Waals surface area contributed by atoms with Gasteiger partial charge in [-0.05, 0) is 31.7 Å². The minimum atomic E-state index is 0.0493. The van der Waals surface area contributed by atoms with Gasteiger partial charge in [0.25, 0.3) is 5.91 Å². The van der Waals surface area contributed by atoms with Crippen molar-refractivity contribution in [2.75, 3.05) is 19.6 Å². The second-order valence-electron chi connectivity index (χ2n) is 7.34. The molecule has 6 heteroatoms. The summed E-state index contributed by atoms with van der Waals surface area (Å²) in [7, 11) is 0. The molecule has 4 rings (SSSR count). The van der Waals surface area contributed by atoms with E-state index in [0.717, 1.165) is 37.9 Å². The van der Waals surface area contributed by atoms with E-state index in [9.17, 15) is 4.79 Å². The molecule has 0 saturated carbocycles. The van der Waals surface area contributed by atoms with Crippen LogP contribution in [0.3, 0.4) is 0 Å². The first kappa shape index (κ1) is 15.9. The normalized spacial score (nSPS) is 30.4. The first-order valence-corrected chi connectivity index (χ1v) is 9.10. The number of H-pyrrole nitrogens is 1. The van der Waals surface area contributed by atoms with Crippen molar-refractivity contribution >= 4 is 28.4 Å². The molecule has 1 aromatic carbocycles. The molecule has 0 spiro atoms. The number of carbonyl (C=O) groups is 1. The van der Waals surface area contributed by atoms with E-state index in [0.29, 0.717) is 22.2 Å². The van der Waals surface area contributed by atoms with Crippen LogP contribution >= 0.6 is 11.6 Å². The summed E-state index contributed by atoms with van der Waals surface area (Å²) >= 11 is 6.20. The molecule has 0 aliphatic carbocycles. The number of carbonyl (C=O) groups excluding carboxylic acids is 1. The van der Waals surface area contributed by atoms with E-state index in [4.69, 9.17) is 11.6 Å². The fourth-order valence-corrected chi connectivity index (χ4v) is 4.56. The molecule has 2 aliphatic heterocycles. The SMILES string of the molecule is CC1CC2CN(CCC(C)N2C(=O)c2[nH]nc3c(Cl)cccc23)C1. The average Bonchev–Trinajstić information content (AvgIpc) is 2.93. The molecule has 2 saturated heterocycles. The summed E-state index contributed by atoms with van der Waals surface area (Å²) in [6, 6.07) is 6.09. The van der Waals surface area contributed by atoms with Crippen LogP contribution in [0.1, 0.15) is 37.2 Å². The summed E-state index contributed by atoms with van der Waals surface area (Å²) in [5, 5.41) is 8.58. The number of fused-ring (bicyclic) bond motifs is 3. The Morgan fingerprint density at radius 1 is 1.33 bits per heavy atom. The van der Waals surface area contributed by atoms with Crippen molar-refractivity contribution in [1.82, 2.24) is 20.0 Å². The molecule has 4 atom stereocenters. The number of para-hydroxylation sites is 1. The predicted molar refractivity (Wildman–Crippen MR) is 95.4 cm³/mol. The van der Waals surface area contributed by atoms with Gasteiger partial charge in [-0.15, -0.1) is 0 Å². The Morgan fingerprint density at radius 2 is 2.17 bits per heavy atom. The first-order chi connectivity index (χ1) is 11.5. The smallest absolute Gasteiger partial charge is 0.273 e. The molecule has 1 amide bonds. The Kier molecular flexibility index (Phi) is 4.01. The molecule has 2 aromatic rings. The minimum Gasteiger partial charge on any atom is -0.330 e. The number of hydrogen-bond acceptors (Lipinski definition) is 3. The molecule has 5 nitrogen and oxygen atoms in total. The number of halogens is 1. The lowest BCUT2D eigenvalue weighted by atomic mass is 9.95. The predicted octanol–water partition coefficient (Wildman–Crippen LogP) is 3.16. The highest BCUT2D eigenvalue weighted by molar-refractivity contribution is 6.35. The fraction of sp³-hybridized carbons (Fsp3) is 0.556. The van der Waals surface area contributed by atoms with E-state index < -0.39 is 0 Å². The molecule has 1 aromatic heterocycles. The van der Waals surface area contributed by atoms with E-state index in [1.54, 1.807) is 6.07 Å². The number of nitrogens with zero attached hydrogens (tertiary/aromatic N) is 3. The lowest BCUT2D eigenvalue weighted by molar-refractivity contribution is 0.0487. The molecule has 2 fully saturated rings. The minimum absolute atomic E-state index is 0.0493. The number of aromatic nitrogens is 2. The van der Waals surface area contributed by atoms with Crippen molar-refractivity contribution in [3.63, 3.8) is 0 Å².